The summed E-state index contributed by atoms with van der Waals surface area (Å²) in [4.78, 5) is 28.5. The average molecular weight is 393 g/mol. The van der Waals surface area contributed by atoms with Crippen molar-refractivity contribution in [3.8, 4) is 0 Å². The predicted octanol–water partition coefficient (Wildman–Crippen LogP) is 1.72. The van der Waals surface area contributed by atoms with Crippen LogP contribution < -0.4 is 10.2 Å². The van der Waals surface area contributed by atoms with Crippen LogP contribution in [0, 0.1) is 0 Å². The first kappa shape index (κ1) is 19.6. The number of benzene rings is 2. The lowest BCUT2D eigenvalue weighted by atomic mass is 10.1. The summed E-state index contributed by atoms with van der Waals surface area (Å²) in [5.74, 6) is 0.166. The normalized spacial score (nSPS) is 16.5. The number of aryl methyl sites for hydroxylation is 3. The molecule has 2 aromatic rings. The lowest BCUT2D eigenvalue weighted by Crippen LogP contribution is -3.15. The summed E-state index contributed by atoms with van der Waals surface area (Å²) in [7, 11) is 0. The van der Waals surface area contributed by atoms with E-state index in [4.69, 9.17) is 0 Å². The topological polar surface area (TPSA) is 53.9 Å². The van der Waals surface area contributed by atoms with Gasteiger partial charge in [0, 0.05) is 11.3 Å². The monoisotopic (exact) mass is 392 g/mol. The van der Waals surface area contributed by atoms with Gasteiger partial charge in [-0.1, -0.05) is 31.2 Å². The molecule has 0 bridgehead atoms. The van der Waals surface area contributed by atoms with Gasteiger partial charge in [-0.25, -0.2) is 0 Å². The van der Waals surface area contributed by atoms with E-state index in [-0.39, 0.29) is 11.8 Å². The number of anilines is 1. The SMILES string of the molecule is CCc1ccccc1NC(=O)C[NH+]1CCN(C(=O)c2ccc3c(c2)CCC3)CC1. The van der Waals surface area contributed by atoms with Crippen molar-refractivity contribution in [3.63, 3.8) is 0 Å². The zero-order valence-electron chi connectivity index (χ0n) is 17.2. The third-order valence-corrected chi connectivity index (χ3v) is 6.19. The molecule has 5 heteroatoms. The van der Waals surface area contributed by atoms with E-state index in [1.54, 1.807) is 0 Å². The Labute approximate surface area is 172 Å². The molecule has 4 rings (SSSR count). The maximum Gasteiger partial charge on any atom is 0.279 e. The highest BCUT2D eigenvalue weighted by Gasteiger charge is 2.26. The van der Waals surface area contributed by atoms with E-state index >= 15 is 0 Å². The molecule has 0 atom stereocenters. The smallest absolute Gasteiger partial charge is 0.279 e. The summed E-state index contributed by atoms with van der Waals surface area (Å²) >= 11 is 0. The molecule has 2 N–H and O–H groups in total. The quantitative estimate of drug-likeness (QED) is 0.814. The van der Waals surface area contributed by atoms with Gasteiger partial charge in [-0.2, -0.15) is 0 Å². The van der Waals surface area contributed by atoms with Gasteiger partial charge in [0.25, 0.3) is 11.8 Å². The van der Waals surface area contributed by atoms with Crippen LogP contribution in [0.3, 0.4) is 0 Å². The first-order chi connectivity index (χ1) is 14.1. The molecule has 2 aromatic carbocycles. The van der Waals surface area contributed by atoms with E-state index in [1.165, 1.54) is 22.4 Å². The lowest BCUT2D eigenvalue weighted by Gasteiger charge is -2.32. The molecule has 1 aliphatic carbocycles. The predicted molar refractivity (Wildman–Crippen MR) is 114 cm³/mol. The summed E-state index contributed by atoms with van der Waals surface area (Å²) in [5, 5.41) is 3.05. The molecule has 0 spiro atoms. The van der Waals surface area contributed by atoms with E-state index < -0.39 is 0 Å². The van der Waals surface area contributed by atoms with Gasteiger partial charge in [0.2, 0.25) is 0 Å². The third-order valence-electron chi connectivity index (χ3n) is 6.19. The zero-order valence-corrected chi connectivity index (χ0v) is 17.2. The Morgan fingerprint density at radius 3 is 2.59 bits per heavy atom. The molecule has 0 radical (unpaired) electrons. The molecule has 1 heterocycles. The number of amides is 2. The highest BCUT2D eigenvalue weighted by Crippen LogP contribution is 2.23. The maximum absolute atomic E-state index is 12.9. The van der Waals surface area contributed by atoms with Crippen LogP contribution in [0.2, 0.25) is 0 Å². The van der Waals surface area contributed by atoms with Crippen LogP contribution >= 0.6 is 0 Å². The van der Waals surface area contributed by atoms with Gasteiger partial charge in [-0.15, -0.1) is 0 Å². The number of nitrogens with one attached hydrogen (secondary N) is 2. The average Bonchev–Trinajstić information content (AvgIpc) is 3.22. The molecule has 1 saturated heterocycles. The fourth-order valence-electron chi connectivity index (χ4n) is 4.46. The van der Waals surface area contributed by atoms with Gasteiger partial charge in [0.1, 0.15) is 0 Å². The molecule has 0 aromatic heterocycles. The first-order valence-corrected chi connectivity index (χ1v) is 10.8. The number of carbonyl (C=O) groups excluding carboxylic acids is 2. The molecular formula is C24H30N3O2+. The highest BCUT2D eigenvalue weighted by molar-refractivity contribution is 5.94. The van der Waals surface area contributed by atoms with Crippen LogP contribution in [-0.2, 0) is 24.1 Å². The third kappa shape index (κ3) is 4.51. The van der Waals surface area contributed by atoms with Crippen molar-refractivity contribution in [1.82, 2.24) is 4.90 Å². The van der Waals surface area contributed by atoms with Crippen molar-refractivity contribution in [1.29, 1.82) is 0 Å². The second-order valence-corrected chi connectivity index (χ2v) is 8.11. The van der Waals surface area contributed by atoms with Gasteiger partial charge in [0.15, 0.2) is 6.54 Å². The van der Waals surface area contributed by atoms with Gasteiger partial charge in [-0.05, 0) is 60.6 Å². The molecule has 2 aliphatic rings. The van der Waals surface area contributed by atoms with E-state index in [0.717, 1.165) is 49.2 Å². The highest BCUT2D eigenvalue weighted by atomic mass is 16.2. The minimum absolute atomic E-state index is 0.0410. The van der Waals surface area contributed by atoms with E-state index in [1.807, 2.05) is 35.2 Å². The Bertz CT molecular complexity index is 901. The van der Waals surface area contributed by atoms with Crippen molar-refractivity contribution in [2.45, 2.75) is 32.6 Å². The standard InChI is InChI=1S/C24H29N3O2/c1-2-18-6-3-4-9-22(18)25-23(28)17-26-12-14-27(15-13-26)24(29)21-11-10-19-7-5-8-20(19)16-21/h3-4,6,9-11,16H,2,5,7-8,12-15,17H2,1H3,(H,25,28)/p+1. The van der Waals surface area contributed by atoms with Gasteiger partial charge in [-0.3, -0.25) is 9.59 Å². The van der Waals surface area contributed by atoms with Crippen molar-refractivity contribution in [2.24, 2.45) is 0 Å². The van der Waals surface area contributed by atoms with E-state index in [9.17, 15) is 9.59 Å². The number of hydrogen-bond acceptors (Lipinski definition) is 2. The summed E-state index contributed by atoms with van der Waals surface area (Å²) in [5.41, 5.74) is 5.60. The number of fused-ring (bicyclic) bond motifs is 1. The Balaban J connectivity index is 1.29. The van der Waals surface area contributed by atoms with Crippen LogP contribution in [0.15, 0.2) is 42.5 Å². The van der Waals surface area contributed by atoms with Crippen molar-refractivity contribution in [2.75, 3.05) is 38.0 Å². The summed E-state index contributed by atoms with van der Waals surface area (Å²) in [6, 6.07) is 14.1. The Morgan fingerprint density at radius 2 is 1.79 bits per heavy atom. The number of hydrogen-bond donors (Lipinski definition) is 2. The molecule has 0 saturated carbocycles. The zero-order chi connectivity index (χ0) is 20.2. The van der Waals surface area contributed by atoms with Gasteiger partial charge < -0.3 is 15.1 Å². The van der Waals surface area contributed by atoms with Crippen LogP contribution in [0.25, 0.3) is 0 Å². The van der Waals surface area contributed by atoms with Gasteiger partial charge >= 0.3 is 0 Å². The molecule has 152 valence electrons. The molecule has 2 amide bonds. The molecule has 1 aliphatic heterocycles. The maximum atomic E-state index is 12.9. The Kier molecular flexibility index (Phi) is 5.95. The Morgan fingerprint density at radius 1 is 1.03 bits per heavy atom. The minimum Gasteiger partial charge on any atom is -0.327 e. The number of piperazine rings is 1. The fraction of sp³-hybridized carbons (Fsp3) is 0.417. The fourth-order valence-corrected chi connectivity index (χ4v) is 4.46. The lowest BCUT2D eigenvalue weighted by molar-refractivity contribution is -0.895. The van der Waals surface area contributed by atoms with Gasteiger partial charge in [0.05, 0.1) is 26.2 Å². The molecular weight excluding hydrogens is 362 g/mol. The summed E-state index contributed by atoms with van der Waals surface area (Å²) in [6.07, 6.45) is 4.31. The Hall–Kier alpha value is -2.66. The largest absolute Gasteiger partial charge is 0.327 e. The molecule has 0 unspecified atom stereocenters. The van der Waals surface area contributed by atoms with Crippen molar-refractivity contribution in [3.05, 3.63) is 64.7 Å². The molecule has 1 fully saturated rings. The van der Waals surface area contributed by atoms with Crippen LogP contribution in [-0.4, -0.2) is 49.4 Å². The number of para-hydroxylation sites is 1. The summed E-state index contributed by atoms with van der Waals surface area (Å²) < 4.78 is 0. The summed E-state index contributed by atoms with van der Waals surface area (Å²) in [6.45, 7) is 5.54. The van der Waals surface area contributed by atoms with E-state index in [0.29, 0.717) is 19.6 Å². The minimum atomic E-state index is 0.0410. The van der Waals surface area contributed by atoms with Crippen LogP contribution in [0.5, 0.6) is 0 Å². The van der Waals surface area contributed by atoms with Crippen molar-refractivity contribution < 1.29 is 14.5 Å². The first-order valence-electron chi connectivity index (χ1n) is 10.8. The molecule has 29 heavy (non-hydrogen) atoms. The second-order valence-electron chi connectivity index (χ2n) is 8.11. The number of nitrogens with zero attached hydrogens (tertiary/aromatic N) is 1. The molecule has 5 nitrogen and oxygen atoms in total. The van der Waals surface area contributed by atoms with Crippen molar-refractivity contribution >= 4 is 17.5 Å². The van der Waals surface area contributed by atoms with Crippen LogP contribution in [0.1, 0.15) is 40.4 Å². The second kappa shape index (κ2) is 8.78. The number of quaternary nitrogens is 1. The number of carbonyl (C=O) groups is 2. The number of rotatable bonds is 5. The van der Waals surface area contributed by atoms with Crippen LogP contribution in [0.4, 0.5) is 5.69 Å². The van der Waals surface area contributed by atoms with E-state index in [2.05, 4.69) is 24.4 Å².